The number of nitrogens with one attached hydrogen (secondary N) is 2. The molecule has 0 spiro atoms. The van der Waals surface area contributed by atoms with Crippen LogP contribution in [0.5, 0.6) is 0 Å². The number of hydrogen-bond acceptors (Lipinski definition) is 6. The molecule has 9 nitrogen and oxygen atoms in total. The molecule has 0 bridgehead atoms. The monoisotopic (exact) mass is 437 g/mol. The quantitative estimate of drug-likeness (QED) is 0.509. The van der Waals surface area contributed by atoms with Crippen molar-refractivity contribution in [2.45, 2.75) is 31.8 Å². The zero-order valence-electron chi connectivity index (χ0n) is 18.0. The standard InChI is InChI=1S/C23H27N5O4/c1-16(22(29)25-19-8-9-19)26-11-13-27(14-12-26)23(30)17-7-10-20(21(15-17)28(31)32)24-18-5-3-2-4-6-18/h2-7,10,15-16,19,24H,8-9,11-14H2,1H3,(H,25,29). The number of piperazine rings is 1. The smallest absolute Gasteiger partial charge is 0.293 e. The minimum Gasteiger partial charge on any atom is -0.352 e. The Labute approximate surface area is 186 Å². The highest BCUT2D eigenvalue weighted by atomic mass is 16.6. The highest BCUT2D eigenvalue weighted by Crippen LogP contribution is 2.29. The maximum absolute atomic E-state index is 13.0. The van der Waals surface area contributed by atoms with Crippen LogP contribution in [0.4, 0.5) is 17.1 Å². The number of nitrogens with zero attached hydrogens (tertiary/aromatic N) is 3. The van der Waals surface area contributed by atoms with E-state index in [-0.39, 0.29) is 29.1 Å². The van der Waals surface area contributed by atoms with Crippen LogP contribution in [0.2, 0.25) is 0 Å². The first-order chi connectivity index (χ1) is 15.4. The summed E-state index contributed by atoms with van der Waals surface area (Å²) in [6.07, 6.45) is 2.10. The van der Waals surface area contributed by atoms with E-state index in [1.165, 1.54) is 6.07 Å². The summed E-state index contributed by atoms with van der Waals surface area (Å²) < 4.78 is 0. The zero-order valence-corrected chi connectivity index (χ0v) is 18.0. The van der Waals surface area contributed by atoms with Gasteiger partial charge in [-0.3, -0.25) is 24.6 Å². The van der Waals surface area contributed by atoms with Gasteiger partial charge in [0.15, 0.2) is 0 Å². The number of rotatable bonds is 7. The maximum atomic E-state index is 13.0. The van der Waals surface area contributed by atoms with E-state index in [9.17, 15) is 19.7 Å². The molecule has 168 valence electrons. The van der Waals surface area contributed by atoms with Crippen LogP contribution >= 0.6 is 0 Å². The number of carbonyl (C=O) groups is 2. The first-order valence-electron chi connectivity index (χ1n) is 10.9. The number of anilines is 2. The summed E-state index contributed by atoms with van der Waals surface area (Å²) >= 11 is 0. The van der Waals surface area contributed by atoms with Crippen LogP contribution in [0, 0.1) is 10.1 Å². The molecule has 9 heteroatoms. The average molecular weight is 438 g/mol. The van der Waals surface area contributed by atoms with Gasteiger partial charge in [0.05, 0.1) is 11.0 Å². The molecule has 1 heterocycles. The summed E-state index contributed by atoms with van der Waals surface area (Å²) in [5.74, 6) is -0.210. The normalized spacial score (nSPS) is 17.5. The van der Waals surface area contributed by atoms with E-state index in [0.29, 0.717) is 37.9 Å². The topological polar surface area (TPSA) is 108 Å². The van der Waals surface area contributed by atoms with Gasteiger partial charge in [-0.25, -0.2) is 0 Å². The number of benzene rings is 2. The highest BCUT2D eigenvalue weighted by Gasteiger charge is 2.31. The minimum atomic E-state index is -0.486. The Morgan fingerprint density at radius 1 is 1.06 bits per heavy atom. The van der Waals surface area contributed by atoms with E-state index in [1.54, 1.807) is 17.0 Å². The molecule has 32 heavy (non-hydrogen) atoms. The summed E-state index contributed by atoms with van der Waals surface area (Å²) in [5, 5.41) is 17.7. The van der Waals surface area contributed by atoms with Crippen molar-refractivity contribution in [2.24, 2.45) is 0 Å². The number of para-hydroxylation sites is 1. The molecule has 2 aromatic rings. The van der Waals surface area contributed by atoms with Gasteiger partial charge in [0.1, 0.15) is 5.69 Å². The summed E-state index contributed by atoms with van der Waals surface area (Å²) in [5.41, 5.74) is 1.19. The van der Waals surface area contributed by atoms with Gasteiger partial charge in [0.25, 0.3) is 11.6 Å². The van der Waals surface area contributed by atoms with Crippen LogP contribution in [0.3, 0.4) is 0 Å². The van der Waals surface area contributed by atoms with Gasteiger partial charge in [0.2, 0.25) is 5.91 Å². The molecular formula is C23H27N5O4. The first kappa shape index (κ1) is 21.8. The van der Waals surface area contributed by atoms with Crippen molar-refractivity contribution < 1.29 is 14.5 Å². The van der Waals surface area contributed by atoms with Crippen molar-refractivity contribution in [3.63, 3.8) is 0 Å². The molecule has 1 aliphatic heterocycles. The number of carbonyl (C=O) groups excluding carboxylic acids is 2. The summed E-state index contributed by atoms with van der Waals surface area (Å²) in [6, 6.07) is 13.7. The molecule has 2 N–H and O–H groups in total. The second-order valence-electron chi connectivity index (χ2n) is 8.27. The van der Waals surface area contributed by atoms with Gasteiger partial charge >= 0.3 is 0 Å². The Hall–Kier alpha value is -3.46. The molecule has 2 amide bonds. The Morgan fingerprint density at radius 2 is 1.75 bits per heavy atom. The molecule has 2 aromatic carbocycles. The van der Waals surface area contributed by atoms with Gasteiger partial charge in [-0.15, -0.1) is 0 Å². The summed E-state index contributed by atoms with van der Waals surface area (Å²) in [6.45, 7) is 3.99. The molecule has 1 atom stereocenters. The Morgan fingerprint density at radius 3 is 2.38 bits per heavy atom. The molecule has 1 saturated carbocycles. The van der Waals surface area contributed by atoms with E-state index < -0.39 is 4.92 Å². The lowest BCUT2D eigenvalue weighted by Gasteiger charge is -2.37. The third-order valence-corrected chi connectivity index (χ3v) is 5.95. The third-order valence-electron chi connectivity index (χ3n) is 5.95. The van der Waals surface area contributed by atoms with Crippen LogP contribution < -0.4 is 10.6 Å². The zero-order chi connectivity index (χ0) is 22.7. The van der Waals surface area contributed by atoms with Crippen LogP contribution in [0.15, 0.2) is 48.5 Å². The third kappa shape index (κ3) is 5.05. The Balaban J connectivity index is 1.40. The van der Waals surface area contributed by atoms with E-state index >= 15 is 0 Å². The maximum Gasteiger partial charge on any atom is 0.293 e. The molecule has 1 saturated heterocycles. The molecule has 0 aromatic heterocycles. The lowest BCUT2D eigenvalue weighted by atomic mass is 10.1. The van der Waals surface area contributed by atoms with Crippen LogP contribution in [0.25, 0.3) is 0 Å². The van der Waals surface area contributed by atoms with Gasteiger partial charge in [0, 0.05) is 49.5 Å². The van der Waals surface area contributed by atoms with Crippen molar-refractivity contribution in [1.82, 2.24) is 15.1 Å². The lowest BCUT2D eigenvalue weighted by molar-refractivity contribution is -0.383. The van der Waals surface area contributed by atoms with E-state index in [1.807, 2.05) is 37.3 Å². The van der Waals surface area contributed by atoms with Crippen LogP contribution in [-0.4, -0.2) is 64.8 Å². The Bertz CT molecular complexity index is 1000. The fourth-order valence-electron chi connectivity index (χ4n) is 3.81. The molecule has 1 aliphatic carbocycles. The summed E-state index contributed by atoms with van der Waals surface area (Å²) in [7, 11) is 0. The lowest BCUT2D eigenvalue weighted by Crippen LogP contribution is -2.55. The van der Waals surface area contributed by atoms with Crippen molar-refractivity contribution >= 4 is 28.9 Å². The second-order valence-corrected chi connectivity index (χ2v) is 8.27. The predicted molar refractivity (Wildman–Crippen MR) is 121 cm³/mol. The van der Waals surface area contributed by atoms with Gasteiger partial charge in [-0.1, -0.05) is 18.2 Å². The highest BCUT2D eigenvalue weighted by molar-refractivity contribution is 5.96. The average Bonchev–Trinajstić information content (AvgIpc) is 3.63. The molecule has 4 rings (SSSR count). The van der Waals surface area contributed by atoms with Crippen LogP contribution in [0.1, 0.15) is 30.1 Å². The first-order valence-corrected chi connectivity index (χ1v) is 10.9. The van der Waals surface area contributed by atoms with E-state index in [0.717, 1.165) is 18.5 Å². The minimum absolute atomic E-state index is 0.0319. The van der Waals surface area contributed by atoms with Crippen molar-refractivity contribution in [3.05, 3.63) is 64.2 Å². The predicted octanol–water partition coefficient (Wildman–Crippen LogP) is 2.76. The molecule has 2 aliphatic rings. The molecular weight excluding hydrogens is 410 g/mol. The Kier molecular flexibility index (Phi) is 6.36. The number of nitro benzene ring substituents is 1. The van der Waals surface area contributed by atoms with E-state index in [4.69, 9.17) is 0 Å². The fourth-order valence-corrected chi connectivity index (χ4v) is 3.81. The van der Waals surface area contributed by atoms with Crippen molar-refractivity contribution in [2.75, 3.05) is 31.5 Å². The molecule has 2 fully saturated rings. The number of nitro groups is 1. The van der Waals surface area contributed by atoms with Crippen LogP contribution in [-0.2, 0) is 4.79 Å². The van der Waals surface area contributed by atoms with Gasteiger partial charge < -0.3 is 15.5 Å². The second kappa shape index (κ2) is 9.35. The van der Waals surface area contributed by atoms with Gasteiger partial charge in [-0.05, 0) is 44.0 Å². The van der Waals surface area contributed by atoms with E-state index in [2.05, 4.69) is 15.5 Å². The SMILES string of the molecule is CC(C(=O)NC1CC1)N1CCN(C(=O)c2ccc(Nc3ccccc3)c([N+](=O)[O-])c2)CC1. The number of amides is 2. The van der Waals surface area contributed by atoms with Crippen molar-refractivity contribution in [3.8, 4) is 0 Å². The fraction of sp³-hybridized carbons (Fsp3) is 0.391. The number of hydrogen-bond donors (Lipinski definition) is 2. The molecule has 1 unspecified atom stereocenters. The van der Waals surface area contributed by atoms with Gasteiger partial charge in [-0.2, -0.15) is 0 Å². The van der Waals surface area contributed by atoms with Crippen molar-refractivity contribution in [1.29, 1.82) is 0 Å². The summed E-state index contributed by atoms with van der Waals surface area (Å²) in [4.78, 5) is 40.2. The largest absolute Gasteiger partial charge is 0.352 e. The molecule has 0 radical (unpaired) electrons.